The van der Waals surface area contributed by atoms with Gasteiger partial charge in [-0.15, -0.1) is 0 Å². The highest BCUT2D eigenvalue weighted by Crippen LogP contribution is 2.68. The van der Waals surface area contributed by atoms with Crippen molar-refractivity contribution in [2.75, 3.05) is 0 Å². The molecule has 5 nitrogen and oxygen atoms in total. The fraction of sp³-hybridized carbons (Fsp3) is 0.742. The zero-order valence-electron chi connectivity index (χ0n) is 22.2. The van der Waals surface area contributed by atoms with Crippen LogP contribution in [0.25, 0.3) is 10.9 Å². The lowest BCUT2D eigenvalue weighted by molar-refractivity contribution is -0.174. The van der Waals surface area contributed by atoms with Crippen LogP contribution in [0.5, 0.6) is 0 Å². The van der Waals surface area contributed by atoms with Crippen molar-refractivity contribution in [3.8, 4) is 0 Å². The maximum atomic E-state index is 12.4. The molecule has 0 spiro atoms. The first-order chi connectivity index (χ1) is 17.2. The van der Waals surface area contributed by atoms with Gasteiger partial charge in [-0.2, -0.15) is 0 Å². The highest BCUT2D eigenvalue weighted by atomic mass is 16.4. The molecule has 4 saturated carbocycles. The normalized spacial score (nSPS) is 43.0. The van der Waals surface area contributed by atoms with Crippen LogP contribution in [0.3, 0.4) is 0 Å². The number of fused-ring (bicyclic) bond motifs is 6. The van der Waals surface area contributed by atoms with Crippen LogP contribution in [-0.2, 0) is 6.42 Å². The van der Waals surface area contributed by atoms with Gasteiger partial charge in [-0.25, -0.2) is 9.78 Å². The van der Waals surface area contributed by atoms with E-state index in [0.29, 0.717) is 53.2 Å². The molecule has 1 unspecified atom stereocenters. The number of nitrogens with zero attached hydrogens (tertiary/aromatic N) is 1. The first-order valence-corrected chi connectivity index (χ1v) is 14.5. The molecular formula is C31H43NO4. The summed E-state index contributed by atoms with van der Waals surface area (Å²) in [7, 11) is 0. The van der Waals surface area contributed by atoms with Crippen molar-refractivity contribution in [1.82, 2.24) is 4.98 Å². The molecule has 0 radical (unpaired) electrons. The number of rotatable bonds is 4. The number of aromatic nitrogens is 1. The molecule has 4 aliphatic rings. The Morgan fingerprint density at radius 2 is 1.78 bits per heavy atom. The van der Waals surface area contributed by atoms with E-state index in [2.05, 4.69) is 25.8 Å². The number of benzene rings is 1. The molecule has 1 aromatic heterocycles. The van der Waals surface area contributed by atoms with E-state index in [1.165, 1.54) is 25.7 Å². The minimum atomic E-state index is -0.289. The van der Waals surface area contributed by atoms with Crippen molar-refractivity contribution in [2.24, 2.45) is 46.3 Å². The Morgan fingerprint density at radius 3 is 2.61 bits per heavy atom. The maximum absolute atomic E-state index is 12.4. The molecule has 6 rings (SSSR count). The Kier molecular flexibility index (Phi) is 6.11. The highest BCUT2D eigenvalue weighted by molar-refractivity contribution is 5.76. The van der Waals surface area contributed by atoms with E-state index in [1.54, 1.807) is 6.07 Å². The van der Waals surface area contributed by atoms with Gasteiger partial charge in [-0.05, 0) is 116 Å². The zero-order chi connectivity index (χ0) is 25.2. The van der Waals surface area contributed by atoms with Gasteiger partial charge in [0.25, 0.3) is 0 Å². The molecule has 1 heterocycles. The van der Waals surface area contributed by atoms with Gasteiger partial charge < -0.3 is 14.6 Å². The molecule has 0 aliphatic heterocycles. The van der Waals surface area contributed by atoms with Gasteiger partial charge in [0.1, 0.15) is 0 Å². The van der Waals surface area contributed by atoms with Crippen molar-refractivity contribution in [3.63, 3.8) is 0 Å². The number of aliphatic hydroxyl groups is 2. The fourth-order valence-electron chi connectivity index (χ4n) is 9.90. The molecule has 0 bridgehead atoms. The lowest BCUT2D eigenvalue weighted by Crippen LogP contribution is -2.58. The van der Waals surface area contributed by atoms with Crippen LogP contribution >= 0.6 is 0 Å². The van der Waals surface area contributed by atoms with Crippen molar-refractivity contribution in [2.45, 2.75) is 97.2 Å². The molecule has 0 saturated heterocycles. The SMILES string of the molecule is C[C@H](CCc1nc2ccccc2c(=O)o1)[C@H]1CC[C@H]2[C@H]3C(CC[C@]12C)[C@@]1(C)CC[C@@H](O)C[C@H]1C[C@H]3O. The molecule has 4 fully saturated rings. The Hall–Kier alpha value is -1.72. The Morgan fingerprint density at radius 1 is 1.03 bits per heavy atom. The van der Waals surface area contributed by atoms with E-state index in [4.69, 9.17) is 4.42 Å². The lowest BCUT2D eigenvalue weighted by atomic mass is 9.43. The van der Waals surface area contributed by atoms with Crippen molar-refractivity contribution in [1.29, 1.82) is 0 Å². The molecule has 0 amide bonds. The van der Waals surface area contributed by atoms with Gasteiger partial charge in [0.2, 0.25) is 0 Å². The summed E-state index contributed by atoms with van der Waals surface area (Å²) in [4.78, 5) is 17.0. The van der Waals surface area contributed by atoms with Gasteiger partial charge in [0.15, 0.2) is 5.89 Å². The van der Waals surface area contributed by atoms with E-state index >= 15 is 0 Å². The quantitative estimate of drug-likeness (QED) is 0.567. The van der Waals surface area contributed by atoms with E-state index in [9.17, 15) is 15.0 Å². The summed E-state index contributed by atoms with van der Waals surface area (Å²) in [5.41, 5.74) is 0.961. The maximum Gasteiger partial charge on any atom is 0.346 e. The third-order valence-electron chi connectivity index (χ3n) is 11.8. The smallest absolute Gasteiger partial charge is 0.346 e. The lowest BCUT2D eigenvalue weighted by Gasteiger charge is -2.62. The molecule has 2 N–H and O–H groups in total. The number of hydrogen-bond acceptors (Lipinski definition) is 5. The average Bonchev–Trinajstić information content (AvgIpc) is 3.21. The molecular weight excluding hydrogens is 450 g/mol. The molecule has 5 heteroatoms. The molecule has 4 aliphatic carbocycles. The highest BCUT2D eigenvalue weighted by Gasteiger charge is 2.62. The second kappa shape index (κ2) is 8.94. The van der Waals surface area contributed by atoms with Gasteiger partial charge in [0.05, 0.1) is 23.1 Å². The van der Waals surface area contributed by atoms with Crippen LogP contribution in [0.2, 0.25) is 0 Å². The second-order valence-electron chi connectivity index (χ2n) is 13.4. The van der Waals surface area contributed by atoms with E-state index in [1.807, 2.05) is 18.2 Å². The van der Waals surface area contributed by atoms with Crippen LogP contribution < -0.4 is 5.63 Å². The minimum absolute atomic E-state index is 0.182. The van der Waals surface area contributed by atoms with Gasteiger partial charge >= 0.3 is 5.63 Å². The van der Waals surface area contributed by atoms with Gasteiger partial charge in [-0.3, -0.25) is 0 Å². The number of hydrogen-bond donors (Lipinski definition) is 2. The first kappa shape index (κ1) is 24.6. The summed E-state index contributed by atoms with van der Waals surface area (Å²) in [6.45, 7) is 7.37. The topological polar surface area (TPSA) is 83.6 Å². The Labute approximate surface area is 214 Å². The third-order valence-corrected chi connectivity index (χ3v) is 11.8. The molecule has 1 aromatic carbocycles. The van der Waals surface area contributed by atoms with Crippen molar-refractivity contribution >= 4 is 10.9 Å². The van der Waals surface area contributed by atoms with E-state index in [0.717, 1.165) is 37.6 Å². The average molecular weight is 494 g/mol. The van der Waals surface area contributed by atoms with Crippen LogP contribution in [0, 0.1) is 46.3 Å². The first-order valence-electron chi connectivity index (χ1n) is 14.5. The number of aryl methyl sites for hydroxylation is 1. The van der Waals surface area contributed by atoms with Crippen LogP contribution in [-0.4, -0.2) is 27.4 Å². The predicted octanol–water partition coefficient (Wildman–Crippen LogP) is 5.75. The molecule has 2 aromatic rings. The van der Waals surface area contributed by atoms with Crippen molar-refractivity contribution < 1.29 is 14.6 Å². The largest absolute Gasteiger partial charge is 0.408 e. The van der Waals surface area contributed by atoms with Crippen LogP contribution in [0.1, 0.15) is 84.4 Å². The Balaban J connectivity index is 1.18. The fourth-order valence-corrected chi connectivity index (χ4v) is 9.90. The summed E-state index contributed by atoms with van der Waals surface area (Å²) in [6, 6.07) is 7.41. The summed E-state index contributed by atoms with van der Waals surface area (Å²) >= 11 is 0. The van der Waals surface area contributed by atoms with E-state index < -0.39 is 0 Å². The van der Waals surface area contributed by atoms with Gasteiger partial charge in [0, 0.05) is 6.42 Å². The van der Waals surface area contributed by atoms with Crippen LogP contribution in [0.15, 0.2) is 33.5 Å². The number of para-hydroxylation sites is 1. The zero-order valence-corrected chi connectivity index (χ0v) is 22.2. The van der Waals surface area contributed by atoms with Crippen LogP contribution in [0.4, 0.5) is 0 Å². The standard InChI is InChI=1S/C31H43NO4/c1-18(8-11-27-32-25-7-5-4-6-21(25)29(35)36-27)22-9-10-23-28-24(13-15-31(22,23)3)30(2)14-12-20(33)16-19(30)17-26(28)34/h4-7,18-20,22-24,26,28,33-34H,8-17H2,1-3H3/t18-,19+,20-,22-,23+,24?,26-,28+,30+,31-/m1/s1. The number of aliphatic hydroxyl groups excluding tert-OH is 2. The van der Waals surface area contributed by atoms with E-state index in [-0.39, 0.29) is 28.7 Å². The van der Waals surface area contributed by atoms with Crippen molar-refractivity contribution in [3.05, 3.63) is 40.6 Å². The minimum Gasteiger partial charge on any atom is -0.408 e. The summed E-state index contributed by atoms with van der Waals surface area (Å²) in [6.07, 6.45) is 9.93. The predicted molar refractivity (Wildman–Crippen MR) is 140 cm³/mol. The molecule has 36 heavy (non-hydrogen) atoms. The molecule has 10 atom stereocenters. The summed E-state index contributed by atoms with van der Waals surface area (Å²) in [5, 5.41) is 22.3. The summed E-state index contributed by atoms with van der Waals surface area (Å²) < 4.78 is 5.57. The molecule has 196 valence electrons. The second-order valence-corrected chi connectivity index (χ2v) is 13.4. The summed E-state index contributed by atoms with van der Waals surface area (Å²) in [5.74, 6) is 3.72. The third kappa shape index (κ3) is 3.79. The van der Waals surface area contributed by atoms with Gasteiger partial charge in [-0.1, -0.05) is 32.9 Å². The Bertz CT molecular complexity index is 1180. The monoisotopic (exact) mass is 493 g/mol.